The molecular formula is C21H22N2O2S. The number of carbonyl (C=O) groups excluding carboxylic acids is 2. The van der Waals surface area contributed by atoms with Crippen LogP contribution in [0.5, 0.6) is 0 Å². The normalized spacial score (nSPS) is 22.1. The van der Waals surface area contributed by atoms with Gasteiger partial charge in [-0.05, 0) is 50.5 Å². The molecule has 2 heterocycles. The number of rotatable bonds is 3. The van der Waals surface area contributed by atoms with Crippen LogP contribution in [0.15, 0.2) is 47.4 Å². The van der Waals surface area contributed by atoms with E-state index in [4.69, 9.17) is 0 Å². The number of nitrogens with zero attached hydrogens (tertiary/aromatic N) is 1. The highest BCUT2D eigenvalue weighted by atomic mass is 32.2. The Kier molecular flexibility index (Phi) is 4.07. The van der Waals surface area contributed by atoms with E-state index in [-0.39, 0.29) is 17.9 Å². The Balaban J connectivity index is 1.64. The van der Waals surface area contributed by atoms with Gasteiger partial charge in [0.2, 0.25) is 5.91 Å². The van der Waals surface area contributed by atoms with Crippen molar-refractivity contribution in [1.82, 2.24) is 5.32 Å². The van der Waals surface area contributed by atoms with Crippen LogP contribution < -0.4 is 10.2 Å². The van der Waals surface area contributed by atoms with Gasteiger partial charge in [-0.1, -0.05) is 47.7 Å². The summed E-state index contributed by atoms with van der Waals surface area (Å²) in [5, 5.41) is 3.17. The third kappa shape index (κ3) is 2.53. The van der Waals surface area contributed by atoms with Crippen molar-refractivity contribution in [2.45, 2.75) is 49.4 Å². The van der Waals surface area contributed by atoms with E-state index >= 15 is 0 Å². The zero-order valence-electron chi connectivity index (χ0n) is 15.2. The maximum atomic E-state index is 13.3. The van der Waals surface area contributed by atoms with E-state index in [1.54, 1.807) is 4.90 Å². The van der Waals surface area contributed by atoms with Crippen LogP contribution in [0.1, 0.15) is 42.5 Å². The molecule has 2 aromatic carbocycles. The van der Waals surface area contributed by atoms with Gasteiger partial charge in [0.05, 0.1) is 11.7 Å². The lowest BCUT2D eigenvalue weighted by atomic mass is 9.99. The second-order valence-corrected chi connectivity index (χ2v) is 8.46. The van der Waals surface area contributed by atoms with Crippen LogP contribution in [0.4, 0.5) is 5.69 Å². The van der Waals surface area contributed by atoms with Crippen LogP contribution >= 0.6 is 11.8 Å². The zero-order valence-corrected chi connectivity index (χ0v) is 16.0. The monoisotopic (exact) mass is 366 g/mol. The lowest BCUT2D eigenvalue weighted by molar-refractivity contribution is -0.125. The van der Waals surface area contributed by atoms with Crippen LogP contribution in [0.3, 0.4) is 0 Å². The highest BCUT2D eigenvalue weighted by Gasteiger charge is 2.57. The first-order valence-electron chi connectivity index (χ1n) is 8.91. The first-order chi connectivity index (χ1) is 12.4. The minimum absolute atomic E-state index is 0.0250. The fourth-order valence-electron chi connectivity index (χ4n) is 3.91. The predicted molar refractivity (Wildman–Crippen MR) is 104 cm³/mol. The van der Waals surface area contributed by atoms with Crippen molar-refractivity contribution in [2.75, 3.05) is 4.90 Å². The van der Waals surface area contributed by atoms with Crippen molar-refractivity contribution < 1.29 is 9.59 Å². The van der Waals surface area contributed by atoms with Gasteiger partial charge < -0.3 is 5.32 Å². The number of hydrogen-bond donors (Lipinski definition) is 1. The Hall–Kier alpha value is -2.27. The number of para-hydroxylation sites is 1. The van der Waals surface area contributed by atoms with Gasteiger partial charge in [0, 0.05) is 11.3 Å². The molecule has 2 aromatic rings. The summed E-state index contributed by atoms with van der Waals surface area (Å²) in [6.45, 7) is 6.11. The lowest BCUT2D eigenvalue weighted by Crippen LogP contribution is -2.52. The molecule has 2 unspecified atom stereocenters. The number of nitrogens with one attached hydrogen (secondary N) is 1. The number of carbonyl (C=O) groups is 2. The number of aryl methyl sites for hydroxylation is 2. The average Bonchev–Trinajstić information content (AvgIpc) is 3.13. The average molecular weight is 366 g/mol. The van der Waals surface area contributed by atoms with E-state index in [1.165, 1.54) is 17.3 Å². The molecule has 2 aliphatic heterocycles. The van der Waals surface area contributed by atoms with E-state index < -0.39 is 4.87 Å². The van der Waals surface area contributed by atoms with Crippen molar-refractivity contribution in [3.63, 3.8) is 0 Å². The summed E-state index contributed by atoms with van der Waals surface area (Å²) in [5.41, 5.74) is 4.30. The molecule has 4 rings (SSSR count). The van der Waals surface area contributed by atoms with Gasteiger partial charge in [-0.15, -0.1) is 0 Å². The van der Waals surface area contributed by atoms with E-state index in [0.29, 0.717) is 12.8 Å². The Morgan fingerprint density at radius 2 is 2.00 bits per heavy atom. The van der Waals surface area contributed by atoms with Crippen LogP contribution in [0.2, 0.25) is 0 Å². The first kappa shape index (κ1) is 17.2. The second-order valence-electron chi connectivity index (χ2n) is 7.14. The largest absolute Gasteiger partial charge is 0.347 e. The molecule has 0 spiro atoms. The molecule has 5 heteroatoms. The minimum atomic E-state index is -0.854. The van der Waals surface area contributed by atoms with Crippen molar-refractivity contribution in [3.8, 4) is 0 Å². The molecule has 134 valence electrons. The zero-order chi connectivity index (χ0) is 18.5. The van der Waals surface area contributed by atoms with Gasteiger partial charge in [0.15, 0.2) is 4.87 Å². The van der Waals surface area contributed by atoms with E-state index in [9.17, 15) is 9.59 Å². The highest BCUT2D eigenvalue weighted by Crippen LogP contribution is 2.55. The third-order valence-electron chi connectivity index (χ3n) is 5.28. The van der Waals surface area contributed by atoms with Crippen LogP contribution in [-0.4, -0.2) is 16.7 Å². The number of benzene rings is 2. The fourth-order valence-corrected chi connectivity index (χ4v) is 5.33. The molecule has 0 bridgehead atoms. The number of fused-ring (bicyclic) bond motifs is 3. The van der Waals surface area contributed by atoms with Gasteiger partial charge in [0.1, 0.15) is 0 Å². The van der Waals surface area contributed by atoms with Gasteiger partial charge in [0.25, 0.3) is 5.91 Å². The molecule has 0 saturated carbocycles. The Bertz CT molecular complexity index is 911. The van der Waals surface area contributed by atoms with Crippen molar-refractivity contribution in [3.05, 3.63) is 59.2 Å². The van der Waals surface area contributed by atoms with Crippen molar-refractivity contribution >= 4 is 29.3 Å². The number of amides is 2. The Morgan fingerprint density at radius 1 is 1.23 bits per heavy atom. The summed E-state index contributed by atoms with van der Waals surface area (Å²) in [4.78, 5) is 27.7. The third-order valence-corrected chi connectivity index (χ3v) is 6.75. The predicted octanol–water partition coefficient (Wildman–Crippen LogP) is 4.11. The molecule has 1 N–H and O–H groups in total. The standard InChI is InChI=1S/C21H22N2O2S/c1-13-8-9-14(2)16(12-13)15(3)22-20(25)21-11-10-19(24)23(21)17-6-4-5-7-18(17)26-21/h4-9,12,15H,10-11H2,1-3H3,(H,22,25). The molecule has 0 aliphatic carbocycles. The van der Waals surface area contributed by atoms with Crippen LogP contribution in [-0.2, 0) is 9.59 Å². The smallest absolute Gasteiger partial charge is 0.257 e. The molecule has 2 atom stereocenters. The molecule has 26 heavy (non-hydrogen) atoms. The number of hydrogen-bond acceptors (Lipinski definition) is 3. The molecule has 2 amide bonds. The van der Waals surface area contributed by atoms with Crippen LogP contribution in [0, 0.1) is 13.8 Å². The number of thioether (sulfide) groups is 1. The summed E-state index contributed by atoms with van der Waals surface area (Å²) in [7, 11) is 0. The molecule has 1 fully saturated rings. The van der Waals surface area contributed by atoms with Crippen LogP contribution in [0.25, 0.3) is 0 Å². The van der Waals surface area contributed by atoms with Crippen molar-refractivity contribution in [2.24, 2.45) is 0 Å². The molecule has 0 radical (unpaired) electrons. The Morgan fingerprint density at radius 3 is 2.81 bits per heavy atom. The summed E-state index contributed by atoms with van der Waals surface area (Å²) in [6, 6.07) is 13.9. The first-order valence-corrected chi connectivity index (χ1v) is 9.73. The van der Waals surface area contributed by atoms with Gasteiger partial charge in [-0.3, -0.25) is 14.5 Å². The van der Waals surface area contributed by atoms with Gasteiger partial charge in [-0.25, -0.2) is 0 Å². The molecular weight excluding hydrogens is 344 g/mol. The molecule has 4 nitrogen and oxygen atoms in total. The maximum absolute atomic E-state index is 13.3. The summed E-state index contributed by atoms with van der Waals surface area (Å²) in [5.74, 6) is -0.0602. The van der Waals surface area contributed by atoms with E-state index in [0.717, 1.165) is 21.7 Å². The van der Waals surface area contributed by atoms with E-state index in [1.807, 2.05) is 31.2 Å². The molecule has 2 aliphatic rings. The summed E-state index contributed by atoms with van der Waals surface area (Å²) < 4.78 is 0. The quantitative estimate of drug-likeness (QED) is 0.889. The topological polar surface area (TPSA) is 49.4 Å². The fraction of sp³-hybridized carbons (Fsp3) is 0.333. The molecule has 0 aromatic heterocycles. The van der Waals surface area contributed by atoms with Gasteiger partial charge in [-0.2, -0.15) is 0 Å². The van der Waals surface area contributed by atoms with Crippen molar-refractivity contribution in [1.29, 1.82) is 0 Å². The minimum Gasteiger partial charge on any atom is -0.347 e. The SMILES string of the molecule is Cc1ccc(C)c(C(C)NC(=O)C23CCC(=O)N2c2ccccc2S3)c1. The molecule has 1 saturated heterocycles. The Labute approximate surface area is 158 Å². The number of anilines is 1. The van der Waals surface area contributed by atoms with Gasteiger partial charge >= 0.3 is 0 Å². The summed E-state index contributed by atoms with van der Waals surface area (Å²) in [6.07, 6.45) is 0.948. The second kappa shape index (κ2) is 6.16. The summed E-state index contributed by atoms with van der Waals surface area (Å²) >= 11 is 1.50. The maximum Gasteiger partial charge on any atom is 0.257 e. The highest BCUT2D eigenvalue weighted by molar-refractivity contribution is 8.02. The lowest BCUT2D eigenvalue weighted by Gasteiger charge is -2.31. The van der Waals surface area contributed by atoms with E-state index in [2.05, 4.69) is 37.4 Å².